The Morgan fingerprint density at radius 1 is 1.18 bits per heavy atom. The van der Waals surface area contributed by atoms with E-state index < -0.39 is 4.92 Å². The lowest BCUT2D eigenvalue weighted by Crippen LogP contribution is -2.22. The molecule has 2 aromatic rings. The van der Waals surface area contributed by atoms with Gasteiger partial charge < -0.3 is 5.32 Å². The van der Waals surface area contributed by atoms with Crippen LogP contribution in [0.3, 0.4) is 0 Å². The summed E-state index contributed by atoms with van der Waals surface area (Å²) in [4.78, 5) is 23.0. The van der Waals surface area contributed by atoms with Crippen LogP contribution in [0, 0.1) is 10.1 Å². The van der Waals surface area contributed by atoms with Crippen molar-refractivity contribution in [3.05, 3.63) is 63.7 Å². The molecule has 0 radical (unpaired) electrons. The Kier molecular flexibility index (Phi) is 5.41. The molecule has 0 aliphatic heterocycles. The number of rotatable bonds is 5. The van der Waals surface area contributed by atoms with Crippen molar-refractivity contribution in [3.63, 3.8) is 0 Å². The number of hydrogen-bond donors (Lipinski definition) is 1. The van der Waals surface area contributed by atoms with E-state index in [1.807, 2.05) is 0 Å². The first-order valence-corrected chi connectivity index (χ1v) is 7.69. The highest BCUT2D eigenvalue weighted by Gasteiger charge is 2.15. The molecule has 1 amide bonds. The number of nitrogens with one attached hydrogen (secondary N) is 1. The van der Waals surface area contributed by atoms with E-state index in [1.54, 1.807) is 43.3 Å². The summed E-state index contributed by atoms with van der Waals surface area (Å²) in [5.41, 5.74) is 0.702. The number of non-ortho nitro benzene ring substituents is 1. The zero-order chi connectivity index (χ0) is 16.1. The summed E-state index contributed by atoms with van der Waals surface area (Å²) >= 11 is 7.12. The van der Waals surface area contributed by atoms with Gasteiger partial charge in [-0.3, -0.25) is 14.9 Å². The zero-order valence-electron chi connectivity index (χ0n) is 11.7. The first-order valence-electron chi connectivity index (χ1n) is 6.43. The zero-order valence-corrected chi connectivity index (χ0v) is 13.2. The summed E-state index contributed by atoms with van der Waals surface area (Å²) in [6.45, 7) is 1.78. The molecule has 0 fully saturated rings. The van der Waals surface area contributed by atoms with E-state index in [4.69, 9.17) is 11.6 Å². The molecule has 0 unspecified atom stereocenters. The van der Waals surface area contributed by atoms with Crippen LogP contribution in [-0.4, -0.2) is 16.1 Å². The Labute approximate surface area is 136 Å². The Balaban J connectivity index is 1.95. The van der Waals surface area contributed by atoms with Gasteiger partial charge in [-0.1, -0.05) is 11.6 Å². The second kappa shape index (κ2) is 7.29. The number of nitro benzene ring substituents is 1. The van der Waals surface area contributed by atoms with Crippen LogP contribution in [-0.2, 0) is 4.79 Å². The van der Waals surface area contributed by atoms with Gasteiger partial charge in [-0.2, -0.15) is 0 Å². The van der Waals surface area contributed by atoms with Crippen molar-refractivity contribution in [2.75, 3.05) is 5.32 Å². The van der Waals surface area contributed by atoms with Crippen molar-refractivity contribution >= 4 is 40.6 Å². The van der Waals surface area contributed by atoms with Gasteiger partial charge in [-0.15, -0.1) is 11.8 Å². The first kappa shape index (κ1) is 16.3. The second-order valence-electron chi connectivity index (χ2n) is 4.51. The lowest BCUT2D eigenvalue weighted by Gasteiger charge is -2.12. The van der Waals surface area contributed by atoms with E-state index in [0.29, 0.717) is 10.7 Å². The fraction of sp³-hybridized carbons (Fsp3) is 0.133. The molecule has 0 aliphatic carbocycles. The van der Waals surface area contributed by atoms with Crippen LogP contribution in [0.25, 0.3) is 0 Å². The van der Waals surface area contributed by atoms with Crippen LogP contribution in [0.15, 0.2) is 53.4 Å². The van der Waals surface area contributed by atoms with Gasteiger partial charge in [0.15, 0.2) is 0 Å². The minimum Gasteiger partial charge on any atom is -0.325 e. The van der Waals surface area contributed by atoms with Crippen LogP contribution in [0.4, 0.5) is 11.4 Å². The molecule has 0 aromatic heterocycles. The van der Waals surface area contributed by atoms with Gasteiger partial charge >= 0.3 is 0 Å². The monoisotopic (exact) mass is 336 g/mol. The van der Waals surface area contributed by atoms with Gasteiger partial charge in [0.25, 0.3) is 5.69 Å². The summed E-state index contributed by atoms with van der Waals surface area (Å²) in [6, 6.07) is 13.0. The molecule has 0 spiro atoms. The minimum atomic E-state index is -0.453. The van der Waals surface area contributed by atoms with Crippen molar-refractivity contribution in [3.8, 4) is 0 Å². The number of halogens is 1. The number of nitro groups is 1. The summed E-state index contributed by atoms with van der Waals surface area (Å²) in [6.07, 6.45) is 0. The molecule has 7 heteroatoms. The van der Waals surface area contributed by atoms with Crippen molar-refractivity contribution in [1.29, 1.82) is 0 Å². The van der Waals surface area contributed by atoms with E-state index in [2.05, 4.69) is 5.32 Å². The Morgan fingerprint density at radius 2 is 1.77 bits per heavy atom. The van der Waals surface area contributed by atoms with Crippen molar-refractivity contribution in [2.45, 2.75) is 17.1 Å². The molecular weight excluding hydrogens is 324 g/mol. The van der Waals surface area contributed by atoms with Crippen LogP contribution in [0.2, 0.25) is 5.02 Å². The minimum absolute atomic E-state index is 0.0302. The SMILES string of the molecule is C[C@H](Sc1ccc([N+](=O)[O-])cc1)C(=O)Nc1ccc(Cl)cc1. The third kappa shape index (κ3) is 4.47. The smallest absolute Gasteiger partial charge is 0.269 e. The predicted octanol–water partition coefficient (Wildman–Crippen LogP) is 4.37. The van der Waals surface area contributed by atoms with Gasteiger partial charge in [-0.05, 0) is 43.3 Å². The highest BCUT2D eigenvalue weighted by atomic mass is 35.5. The Hall–Kier alpha value is -2.05. The van der Waals surface area contributed by atoms with Crippen LogP contribution < -0.4 is 5.32 Å². The normalized spacial score (nSPS) is 11.7. The number of nitrogens with zero attached hydrogens (tertiary/aromatic N) is 1. The molecule has 0 aliphatic rings. The largest absolute Gasteiger partial charge is 0.325 e. The summed E-state index contributed by atoms with van der Waals surface area (Å²) in [5, 5.41) is 13.7. The second-order valence-corrected chi connectivity index (χ2v) is 6.36. The highest BCUT2D eigenvalue weighted by molar-refractivity contribution is 8.00. The number of hydrogen-bond acceptors (Lipinski definition) is 4. The molecule has 0 bridgehead atoms. The molecule has 2 rings (SSSR count). The number of amides is 1. The van der Waals surface area contributed by atoms with Crippen molar-refractivity contribution < 1.29 is 9.72 Å². The topological polar surface area (TPSA) is 72.2 Å². The fourth-order valence-electron chi connectivity index (χ4n) is 1.68. The predicted molar refractivity (Wildman–Crippen MR) is 88.5 cm³/mol. The number of carbonyl (C=O) groups is 1. The number of anilines is 1. The van der Waals surface area contributed by atoms with E-state index in [9.17, 15) is 14.9 Å². The van der Waals surface area contributed by atoms with Gasteiger partial charge in [0.2, 0.25) is 5.91 Å². The Bertz CT molecular complexity index is 674. The first-order chi connectivity index (χ1) is 10.5. The van der Waals surface area contributed by atoms with Gasteiger partial charge in [0.1, 0.15) is 0 Å². The van der Waals surface area contributed by atoms with Crippen LogP contribution in [0.1, 0.15) is 6.92 Å². The average molecular weight is 337 g/mol. The van der Waals surface area contributed by atoms with Crippen LogP contribution >= 0.6 is 23.4 Å². The van der Waals surface area contributed by atoms with Gasteiger partial charge in [0.05, 0.1) is 10.2 Å². The Morgan fingerprint density at radius 3 is 2.32 bits per heavy atom. The quantitative estimate of drug-likeness (QED) is 0.500. The van der Waals surface area contributed by atoms with Crippen LogP contribution in [0.5, 0.6) is 0 Å². The molecule has 5 nitrogen and oxygen atoms in total. The molecule has 0 saturated heterocycles. The summed E-state index contributed by atoms with van der Waals surface area (Å²) < 4.78 is 0. The maximum absolute atomic E-state index is 12.1. The van der Waals surface area contributed by atoms with Crippen molar-refractivity contribution in [1.82, 2.24) is 0 Å². The average Bonchev–Trinajstić information content (AvgIpc) is 2.50. The number of benzene rings is 2. The molecule has 0 saturated carbocycles. The van der Waals surface area contributed by atoms with E-state index in [0.717, 1.165) is 4.90 Å². The maximum atomic E-state index is 12.1. The third-order valence-electron chi connectivity index (χ3n) is 2.84. The maximum Gasteiger partial charge on any atom is 0.269 e. The highest BCUT2D eigenvalue weighted by Crippen LogP contribution is 2.26. The van der Waals surface area contributed by atoms with E-state index in [-0.39, 0.29) is 16.8 Å². The number of thioether (sulfide) groups is 1. The molecular formula is C15H13ClN2O3S. The molecule has 1 N–H and O–H groups in total. The van der Waals surface area contributed by atoms with Gasteiger partial charge in [0, 0.05) is 27.7 Å². The summed E-state index contributed by atoms with van der Waals surface area (Å²) in [7, 11) is 0. The molecule has 114 valence electrons. The third-order valence-corrected chi connectivity index (χ3v) is 4.21. The standard InChI is InChI=1S/C15H13ClN2O3S/c1-10(15(19)17-12-4-2-11(16)3-5-12)22-14-8-6-13(7-9-14)18(20)21/h2-10H,1H3,(H,17,19)/t10-/m0/s1. The van der Waals surface area contributed by atoms with E-state index in [1.165, 1.54) is 23.9 Å². The van der Waals surface area contributed by atoms with E-state index >= 15 is 0 Å². The molecule has 2 aromatic carbocycles. The summed E-state index contributed by atoms with van der Waals surface area (Å²) in [5.74, 6) is -0.148. The van der Waals surface area contributed by atoms with Crippen molar-refractivity contribution in [2.24, 2.45) is 0 Å². The lowest BCUT2D eigenvalue weighted by molar-refractivity contribution is -0.384. The molecule has 0 heterocycles. The number of carbonyl (C=O) groups excluding carboxylic acids is 1. The molecule has 22 heavy (non-hydrogen) atoms. The lowest BCUT2D eigenvalue weighted by atomic mass is 10.3. The molecule has 1 atom stereocenters. The van der Waals surface area contributed by atoms with Gasteiger partial charge in [-0.25, -0.2) is 0 Å². The fourth-order valence-corrected chi connectivity index (χ4v) is 2.67.